The van der Waals surface area contributed by atoms with Crippen molar-refractivity contribution >= 4 is 12.1 Å². The van der Waals surface area contributed by atoms with Crippen molar-refractivity contribution in [2.75, 3.05) is 0 Å². The van der Waals surface area contributed by atoms with E-state index in [-0.39, 0.29) is 12.2 Å². The molecule has 0 bridgehead atoms. The predicted molar refractivity (Wildman–Crippen MR) is 53.8 cm³/mol. The summed E-state index contributed by atoms with van der Waals surface area (Å²) in [5, 5.41) is 0. The van der Waals surface area contributed by atoms with Gasteiger partial charge in [0.1, 0.15) is 12.1 Å². The van der Waals surface area contributed by atoms with Gasteiger partial charge in [0.05, 0.1) is 6.04 Å². The van der Waals surface area contributed by atoms with Crippen molar-refractivity contribution in [3.63, 3.8) is 0 Å². The quantitative estimate of drug-likeness (QED) is 0.697. The predicted octanol–water partition coefficient (Wildman–Crippen LogP) is 0.714. The molecule has 3 nitrogen and oxygen atoms in total. The summed E-state index contributed by atoms with van der Waals surface area (Å²) in [6.45, 7) is 0. The first-order valence-corrected chi connectivity index (χ1v) is 4.49. The summed E-state index contributed by atoms with van der Waals surface area (Å²) >= 11 is 0. The number of nitrogens with two attached hydrogens (primary N) is 1. The van der Waals surface area contributed by atoms with Crippen molar-refractivity contribution in [1.29, 1.82) is 0 Å². The van der Waals surface area contributed by atoms with Gasteiger partial charge in [-0.25, -0.2) is 0 Å². The molecule has 0 radical (unpaired) electrons. The summed E-state index contributed by atoms with van der Waals surface area (Å²) in [5.41, 5.74) is 6.29. The first-order chi connectivity index (χ1) is 6.72. The summed E-state index contributed by atoms with van der Waals surface area (Å²) < 4.78 is 0. The van der Waals surface area contributed by atoms with Gasteiger partial charge in [-0.05, 0) is 5.56 Å². The molecule has 0 aliphatic heterocycles. The van der Waals surface area contributed by atoms with Crippen LogP contribution in [0, 0.1) is 0 Å². The van der Waals surface area contributed by atoms with E-state index in [4.69, 9.17) is 5.73 Å². The number of hydrogen-bond acceptors (Lipinski definition) is 3. The van der Waals surface area contributed by atoms with Crippen LogP contribution < -0.4 is 5.73 Å². The van der Waals surface area contributed by atoms with Crippen molar-refractivity contribution in [3.05, 3.63) is 35.9 Å². The molecule has 74 valence electrons. The van der Waals surface area contributed by atoms with E-state index in [0.29, 0.717) is 12.7 Å². The average molecular weight is 191 g/mol. The molecular weight excluding hydrogens is 178 g/mol. The minimum atomic E-state index is -0.661. The molecule has 2 N–H and O–H groups in total. The molecular formula is C11H13NO2. The zero-order valence-electron chi connectivity index (χ0n) is 7.85. The maximum absolute atomic E-state index is 11.3. The molecule has 0 amide bonds. The van der Waals surface area contributed by atoms with Crippen LogP contribution in [0.2, 0.25) is 0 Å². The fraction of sp³-hybridized carbons (Fsp3) is 0.273. The Morgan fingerprint density at radius 1 is 1.36 bits per heavy atom. The van der Waals surface area contributed by atoms with Crippen molar-refractivity contribution in [3.8, 4) is 0 Å². The summed E-state index contributed by atoms with van der Waals surface area (Å²) in [4.78, 5) is 21.6. The van der Waals surface area contributed by atoms with E-state index in [1.165, 1.54) is 0 Å². The second-order valence-electron chi connectivity index (χ2n) is 3.21. The summed E-state index contributed by atoms with van der Waals surface area (Å²) in [6.07, 6.45) is 1.07. The van der Waals surface area contributed by atoms with Crippen molar-refractivity contribution < 1.29 is 9.59 Å². The van der Waals surface area contributed by atoms with Gasteiger partial charge in [-0.1, -0.05) is 30.3 Å². The molecule has 0 aromatic heterocycles. The number of rotatable bonds is 5. The first kappa shape index (κ1) is 10.6. The lowest BCUT2D eigenvalue weighted by molar-refractivity contribution is -0.120. The van der Waals surface area contributed by atoms with Gasteiger partial charge in [-0.15, -0.1) is 0 Å². The van der Waals surface area contributed by atoms with E-state index < -0.39 is 6.04 Å². The highest BCUT2D eigenvalue weighted by atomic mass is 16.1. The van der Waals surface area contributed by atoms with E-state index in [9.17, 15) is 9.59 Å². The maximum Gasteiger partial charge on any atom is 0.139 e. The third kappa shape index (κ3) is 3.49. The third-order valence-electron chi connectivity index (χ3n) is 1.88. The molecule has 0 fully saturated rings. The Labute approximate surface area is 82.9 Å². The largest absolute Gasteiger partial charge is 0.321 e. The molecule has 0 saturated carbocycles. The second-order valence-corrected chi connectivity index (χ2v) is 3.21. The summed E-state index contributed by atoms with van der Waals surface area (Å²) in [5.74, 6) is -0.00389. The van der Waals surface area contributed by atoms with Crippen LogP contribution in [0.15, 0.2) is 30.3 Å². The number of aldehydes is 1. The SMILES string of the molecule is N[C@H](C=O)CC(=O)Cc1ccccc1. The molecule has 0 heterocycles. The zero-order valence-corrected chi connectivity index (χ0v) is 7.85. The fourth-order valence-electron chi connectivity index (χ4n) is 1.21. The van der Waals surface area contributed by atoms with E-state index >= 15 is 0 Å². The van der Waals surface area contributed by atoms with Gasteiger partial charge in [-0.3, -0.25) is 4.79 Å². The number of carbonyl (C=O) groups is 2. The summed E-state index contributed by atoms with van der Waals surface area (Å²) in [7, 11) is 0. The van der Waals surface area contributed by atoms with Crippen LogP contribution in [0.5, 0.6) is 0 Å². The van der Waals surface area contributed by atoms with E-state index in [1.54, 1.807) is 0 Å². The Morgan fingerprint density at radius 3 is 2.57 bits per heavy atom. The van der Waals surface area contributed by atoms with Crippen molar-refractivity contribution in [2.24, 2.45) is 5.73 Å². The van der Waals surface area contributed by atoms with Crippen LogP contribution >= 0.6 is 0 Å². The van der Waals surface area contributed by atoms with Crippen LogP contribution in [0.4, 0.5) is 0 Å². The Balaban J connectivity index is 2.46. The van der Waals surface area contributed by atoms with Crippen LogP contribution in [0.3, 0.4) is 0 Å². The van der Waals surface area contributed by atoms with Gasteiger partial charge in [0.2, 0.25) is 0 Å². The third-order valence-corrected chi connectivity index (χ3v) is 1.88. The van der Waals surface area contributed by atoms with Gasteiger partial charge in [0.25, 0.3) is 0 Å². The topological polar surface area (TPSA) is 60.2 Å². The Kier molecular flexibility index (Phi) is 4.01. The van der Waals surface area contributed by atoms with Crippen molar-refractivity contribution in [2.45, 2.75) is 18.9 Å². The lowest BCUT2D eigenvalue weighted by Crippen LogP contribution is -2.25. The van der Waals surface area contributed by atoms with Crippen LogP contribution in [0.25, 0.3) is 0 Å². The van der Waals surface area contributed by atoms with Crippen LogP contribution in [0.1, 0.15) is 12.0 Å². The average Bonchev–Trinajstić information content (AvgIpc) is 2.19. The van der Waals surface area contributed by atoms with Gasteiger partial charge < -0.3 is 10.5 Å². The second kappa shape index (κ2) is 5.29. The molecule has 1 aromatic rings. The maximum atomic E-state index is 11.3. The number of Topliss-reactive ketones (excluding diaryl/α,β-unsaturated/α-hetero) is 1. The normalized spacial score (nSPS) is 12.1. The molecule has 3 heteroatoms. The Bertz CT molecular complexity index is 308. The van der Waals surface area contributed by atoms with Crippen LogP contribution in [-0.2, 0) is 16.0 Å². The molecule has 0 aliphatic carbocycles. The molecule has 1 rings (SSSR count). The number of hydrogen-bond donors (Lipinski definition) is 1. The Morgan fingerprint density at radius 2 is 2.00 bits per heavy atom. The van der Waals surface area contributed by atoms with Gasteiger partial charge in [0, 0.05) is 12.8 Å². The first-order valence-electron chi connectivity index (χ1n) is 4.49. The molecule has 14 heavy (non-hydrogen) atoms. The Hall–Kier alpha value is -1.48. The highest BCUT2D eigenvalue weighted by Gasteiger charge is 2.08. The molecule has 0 aliphatic rings. The van der Waals surface area contributed by atoms with E-state index in [0.717, 1.165) is 5.56 Å². The lowest BCUT2D eigenvalue weighted by atomic mass is 10.0. The molecule has 1 atom stereocenters. The highest BCUT2D eigenvalue weighted by molar-refractivity contribution is 5.84. The van der Waals surface area contributed by atoms with Crippen molar-refractivity contribution in [1.82, 2.24) is 0 Å². The number of carbonyl (C=O) groups excluding carboxylic acids is 2. The van der Waals surface area contributed by atoms with Gasteiger partial charge in [0.15, 0.2) is 0 Å². The lowest BCUT2D eigenvalue weighted by Gasteiger charge is -2.02. The van der Waals surface area contributed by atoms with Crippen LogP contribution in [-0.4, -0.2) is 18.1 Å². The molecule has 0 unspecified atom stereocenters. The van der Waals surface area contributed by atoms with Gasteiger partial charge >= 0.3 is 0 Å². The fourth-order valence-corrected chi connectivity index (χ4v) is 1.21. The molecule has 0 spiro atoms. The number of ketones is 1. The van der Waals surface area contributed by atoms with E-state index in [2.05, 4.69) is 0 Å². The highest BCUT2D eigenvalue weighted by Crippen LogP contribution is 2.02. The monoisotopic (exact) mass is 191 g/mol. The smallest absolute Gasteiger partial charge is 0.139 e. The summed E-state index contributed by atoms with van der Waals surface area (Å²) in [6, 6.07) is 8.75. The minimum Gasteiger partial charge on any atom is -0.321 e. The zero-order chi connectivity index (χ0) is 10.4. The number of benzene rings is 1. The van der Waals surface area contributed by atoms with Gasteiger partial charge in [-0.2, -0.15) is 0 Å². The van der Waals surface area contributed by atoms with E-state index in [1.807, 2.05) is 30.3 Å². The molecule has 0 saturated heterocycles. The minimum absolute atomic E-state index is 0.00389. The molecule has 1 aromatic carbocycles. The standard InChI is InChI=1S/C11H13NO2/c12-10(8-13)7-11(14)6-9-4-2-1-3-5-9/h1-5,8,10H,6-7,12H2/t10-/m0/s1.